The molecule has 1 heterocycles. The van der Waals surface area contributed by atoms with Gasteiger partial charge in [0.05, 0.1) is 5.56 Å². The van der Waals surface area contributed by atoms with E-state index in [0.717, 1.165) is 17.9 Å². The van der Waals surface area contributed by atoms with Gasteiger partial charge in [-0.2, -0.15) is 0 Å². The van der Waals surface area contributed by atoms with Crippen molar-refractivity contribution in [1.82, 2.24) is 0 Å². The molecule has 0 aliphatic heterocycles. The molecular formula is C21H34O3. The summed E-state index contributed by atoms with van der Waals surface area (Å²) >= 11 is 0. The Balaban J connectivity index is 2.84. The molecule has 3 atom stereocenters. The average molecular weight is 335 g/mol. The molecule has 0 saturated heterocycles. The first-order valence-electron chi connectivity index (χ1n) is 9.19. The van der Waals surface area contributed by atoms with Gasteiger partial charge < -0.3 is 9.52 Å². The summed E-state index contributed by atoms with van der Waals surface area (Å²) in [5.74, 6) is 2.40. The van der Waals surface area contributed by atoms with Crippen molar-refractivity contribution in [3.63, 3.8) is 0 Å². The first kappa shape index (κ1) is 20.5. The summed E-state index contributed by atoms with van der Waals surface area (Å²) in [6.45, 7) is 14.4. The molecule has 1 N–H and O–H groups in total. The maximum atomic E-state index is 11.8. The molecule has 0 fully saturated rings. The summed E-state index contributed by atoms with van der Waals surface area (Å²) in [5.41, 5.74) is 1.37. The second-order valence-corrected chi connectivity index (χ2v) is 7.61. The van der Waals surface area contributed by atoms with E-state index in [-0.39, 0.29) is 11.3 Å². The third kappa shape index (κ3) is 5.54. The van der Waals surface area contributed by atoms with Crippen LogP contribution < -0.4 is 5.63 Å². The molecule has 136 valence electrons. The van der Waals surface area contributed by atoms with Crippen LogP contribution in [-0.4, -0.2) is 5.11 Å². The standard InChI is InChI=1S/C21H34O3/c1-8-9-13(2)10-14(3)11-15(4)12-16(5)20-17(6)19(22)18(7)21(23)24-20/h12-15,22H,8-11H2,1-7H3/t13?,14-,15?/m1/s1. The molecule has 2 unspecified atom stereocenters. The lowest BCUT2D eigenvalue weighted by atomic mass is 9.87. The third-order valence-electron chi connectivity index (χ3n) is 4.80. The fourth-order valence-electron chi connectivity index (χ4n) is 3.71. The van der Waals surface area contributed by atoms with Crippen LogP contribution in [-0.2, 0) is 0 Å². The van der Waals surface area contributed by atoms with Gasteiger partial charge >= 0.3 is 5.63 Å². The minimum absolute atomic E-state index is 0.0448. The molecule has 0 aliphatic rings. The number of rotatable bonds is 8. The van der Waals surface area contributed by atoms with Crippen LogP contribution in [0.4, 0.5) is 0 Å². The van der Waals surface area contributed by atoms with Crippen molar-refractivity contribution in [3.8, 4) is 5.75 Å². The number of aromatic hydroxyl groups is 1. The molecule has 0 spiro atoms. The molecule has 0 bridgehead atoms. The molecule has 1 rings (SSSR count). The van der Waals surface area contributed by atoms with E-state index in [4.69, 9.17) is 4.42 Å². The van der Waals surface area contributed by atoms with Crippen LogP contribution in [0.3, 0.4) is 0 Å². The molecular weight excluding hydrogens is 300 g/mol. The van der Waals surface area contributed by atoms with Gasteiger partial charge in [0, 0.05) is 5.56 Å². The van der Waals surface area contributed by atoms with Crippen molar-refractivity contribution in [2.75, 3.05) is 0 Å². The van der Waals surface area contributed by atoms with Crippen molar-refractivity contribution < 1.29 is 9.52 Å². The quantitative estimate of drug-likeness (QED) is 0.648. The lowest BCUT2D eigenvalue weighted by Crippen LogP contribution is -2.08. The Kier molecular flexibility index (Phi) is 7.78. The highest BCUT2D eigenvalue weighted by Gasteiger charge is 2.16. The Morgan fingerprint density at radius 1 is 1.12 bits per heavy atom. The van der Waals surface area contributed by atoms with Crippen LogP contribution >= 0.6 is 0 Å². The van der Waals surface area contributed by atoms with Crippen LogP contribution in [0.15, 0.2) is 15.3 Å². The van der Waals surface area contributed by atoms with Crippen molar-refractivity contribution in [1.29, 1.82) is 0 Å². The fourth-order valence-corrected chi connectivity index (χ4v) is 3.71. The van der Waals surface area contributed by atoms with Crippen LogP contribution in [0.25, 0.3) is 5.57 Å². The van der Waals surface area contributed by atoms with Crippen molar-refractivity contribution in [2.45, 2.75) is 74.1 Å². The van der Waals surface area contributed by atoms with Gasteiger partial charge in [-0.25, -0.2) is 4.79 Å². The monoisotopic (exact) mass is 334 g/mol. The third-order valence-corrected chi connectivity index (χ3v) is 4.80. The lowest BCUT2D eigenvalue weighted by molar-refractivity contribution is 0.353. The van der Waals surface area contributed by atoms with Gasteiger partial charge in [0.1, 0.15) is 11.5 Å². The Bertz CT molecular complexity index is 625. The van der Waals surface area contributed by atoms with Crippen molar-refractivity contribution >= 4 is 5.57 Å². The fraction of sp³-hybridized carbons (Fsp3) is 0.667. The van der Waals surface area contributed by atoms with Gasteiger partial charge in [0.15, 0.2) is 0 Å². The second-order valence-electron chi connectivity index (χ2n) is 7.61. The predicted octanol–water partition coefficient (Wildman–Crippen LogP) is 5.85. The van der Waals surface area contributed by atoms with Crippen LogP contribution in [0.1, 0.15) is 77.2 Å². The number of allylic oxidation sites excluding steroid dienone is 2. The van der Waals surface area contributed by atoms with Gasteiger partial charge in [-0.15, -0.1) is 0 Å². The van der Waals surface area contributed by atoms with Crippen LogP contribution in [0, 0.1) is 31.6 Å². The van der Waals surface area contributed by atoms with Crippen molar-refractivity contribution in [3.05, 3.63) is 33.4 Å². The molecule has 0 aliphatic carbocycles. The van der Waals surface area contributed by atoms with Crippen LogP contribution in [0.5, 0.6) is 5.75 Å². The smallest absolute Gasteiger partial charge is 0.342 e. The lowest BCUT2D eigenvalue weighted by Gasteiger charge is -2.19. The van der Waals surface area contributed by atoms with E-state index in [1.807, 2.05) is 6.92 Å². The highest BCUT2D eigenvalue weighted by molar-refractivity contribution is 5.64. The Morgan fingerprint density at radius 3 is 2.33 bits per heavy atom. The summed E-state index contributed by atoms with van der Waals surface area (Å²) < 4.78 is 5.40. The molecule has 24 heavy (non-hydrogen) atoms. The highest BCUT2D eigenvalue weighted by Crippen LogP contribution is 2.29. The van der Waals surface area contributed by atoms with Gasteiger partial charge in [0.2, 0.25) is 0 Å². The molecule has 0 radical (unpaired) electrons. The number of hydrogen-bond donors (Lipinski definition) is 1. The second kappa shape index (κ2) is 9.10. The summed E-state index contributed by atoms with van der Waals surface area (Å²) in [5, 5.41) is 10.1. The zero-order valence-electron chi connectivity index (χ0n) is 16.4. The SMILES string of the molecule is CCCC(C)C[C@@H](C)CC(C)C=C(C)c1oc(=O)c(C)c(O)c1C. The first-order valence-corrected chi connectivity index (χ1v) is 9.19. The zero-order valence-corrected chi connectivity index (χ0v) is 16.4. The highest BCUT2D eigenvalue weighted by atomic mass is 16.4. The Labute approximate surface area is 146 Å². The minimum Gasteiger partial charge on any atom is -0.507 e. The van der Waals surface area contributed by atoms with Crippen molar-refractivity contribution in [2.24, 2.45) is 17.8 Å². The van der Waals surface area contributed by atoms with E-state index < -0.39 is 5.63 Å². The molecule has 1 aromatic rings. The topological polar surface area (TPSA) is 50.4 Å². The predicted molar refractivity (Wildman–Crippen MR) is 101 cm³/mol. The maximum absolute atomic E-state index is 11.8. The van der Waals surface area contributed by atoms with Gasteiger partial charge in [0.25, 0.3) is 0 Å². The normalized spacial score (nSPS) is 16.0. The first-order chi connectivity index (χ1) is 11.2. The van der Waals surface area contributed by atoms with E-state index in [0.29, 0.717) is 23.2 Å². The summed E-state index contributed by atoms with van der Waals surface area (Å²) in [6, 6.07) is 0. The van der Waals surface area contributed by atoms with Gasteiger partial charge in [-0.3, -0.25) is 0 Å². The Hall–Kier alpha value is -1.51. The van der Waals surface area contributed by atoms with E-state index in [9.17, 15) is 9.90 Å². The van der Waals surface area contributed by atoms with Gasteiger partial charge in [-0.05, 0) is 56.9 Å². The molecule has 3 heteroatoms. The zero-order chi connectivity index (χ0) is 18.4. The molecule has 0 saturated carbocycles. The summed E-state index contributed by atoms with van der Waals surface area (Å²) in [7, 11) is 0. The minimum atomic E-state index is -0.463. The molecule has 0 aromatic carbocycles. The average Bonchev–Trinajstić information content (AvgIpc) is 2.48. The Morgan fingerprint density at radius 2 is 1.75 bits per heavy atom. The van der Waals surface area contributed by atoms with E-state index in [1.165, 1.54) is 19.3 Å². The van der Waals surface area contributed by atoms with E-state index in [2.05, 4.69) is 33.8 Å². The maximum Gasteiger partial charge on any atom is 0.342 e. The molecule has 0 amide bonds. The van der Waals surface area contributed by atoms with E-state index in [1.54, 1.807) is 13.8 Å². The molecule has 3 nitrogen and oxygen atoms in total. The van der Waals surface area contributed by atoms with Gasteiger partial charge in [-0.1, -0.05) is 46.6 Å². The van der Waals surface area contributed by atoms with Crippen LogP contribution in [0.2, 0.25) is 0 Å². The number of hydrogen-bond acceptors (Lipinski definition) is 3. The largest absolute Gasteiger partial charge is 0.507 e. The van der Waals surface area contributed by atoms with E-state index >= 15 is 0 Å². The summed E-state index contributed by atoms with van der Waals surface area (Å²) in [6.07, 6.45) is 7.07. The summed E-state index contributed by atoms with van der Waals surface area (Å²) in [4.78, 5) is 11.8. The molecule has 1 aromatic heterocycles.